The molecular weight excluding hydrogens is 498 g/mol. The minimum Gasteiger partial charge on any atom is -0.371 e. The van der Waals surface area contributed by atoms with Crippen molar-refractivity contribution < 1.29 is 24.0 Å². The summed E-state index contributed by atoms with van der Waals surface area (Å²) in [6.45, 7) is 3.93. The highest BCUT2D eigenvalue weighted by molar-refractivity contribution is 6.25. The molecule has 6 rings (SSSR count). The third-order valence-corrected chi connectivity index (χ3v) is 9.24. The Hall–Kier alpha value is -3.43. The van der Waals surface area contributed by atoms with Gasteiger partial charge in [0.15, 0.2) is 0 Å². The number of nitrogens with zero attached hydrogens (tertiary/aromatic N) is 4. The zero-order valence-electron chi connectivity index (χ0n) is 22.4. The van der Waals surface area contributed by atoms with Gasteiger partial charge >= 0.3 is 6.03 Å². The highest BCUT2D eigenvalue weighted by Crippen LogP contribution is 2.36. The lowest BCUT2D eigenvalue weighted by Crippen LogP contribution is -2.55. The molecule has 10 heteroatoms. The van der Waals surface area contributed by atoms with Gasteiger partial charge in [0.25, 0.3) is 11.8 Å². The van der Waals surface area contributed by atoms with Gasteiger partial charge in [-0.25, -0.2) is 4.79 Å². The van der Waals surface area contributed by atoms with Crippen LogP contribution < -0.4 is 10.2 Å². The molecule has 1 aromatic carbocycles. The zero-order valence-corrected chi connectivity index (χ0v) is 22.4. The fraction of sp³-hybridized carbons (Fsp3) is 0.621. The number of imide groups is 2. The summed E-state index contributed by atoms with van der Waals surface area (Å²) in [6.07, 6.45) is 9.03. The minimum absolute atomic E-state index is 0.0993. The zero-order chi connectivity index (χ0) is 27.1. The van der Waals surface area contributed by atoms with E-state index in [0.29, 0.717) is 23.1 Å². The van der Waals surface area contributed by atoms with Crippen LogP contribution in [0.1, 0.15) is 84.9 Å². The molecule has 0 spiro atoms. The molecular formula is C29H37N5O5. The summed E-state index contributed by atoms with van der Waals surface area (Å²) in [5.41, 5.74) is 1.38. The van der Waals surface area contributed by atoms with Gasteiger partial charge in [-0.3, -0.25) is 29.4 Å². The molecule has 0 radical (unpaired) electrons. The number of hydrogen-bond donors (Lipinski definition) is 1. The van der Waals surface area contributed by atoms with Crippen LogP contribution >= 0.6 is 0 Å². The maximum Gasteiger partial charge on any atom is 0.320 e. The van der Waals surface area contributed by atoms with Crippen LogP contribution in [0.5, 0.6) is 0 Å². The van der Waals surface area contributed by atoms with Crippen molar-refractivity contribution in [3.63, 3.8) is 0 Å². The second-order valence-electron chi connectivity index (χ2n) is 11.6. The molecule has 1 aliphatic carbocycles. The molecule has 5 aliphatic rings. The van der Waals surface area contributed by atoms with Crippen LogP contribution in [0.2, 0.25) is 0 Å². The number of urea groups is 1. The van der Waals surface area contributed by atoms with Crippen molar-refractivity contribution >= 4 is 35.3 Å². The van der Waals surface area contributed by atoms with E-state index >= 15 is 0 Å². The predicted octanol–water partition coefficient (Wildman–Crippen LogP) is 2.76. The van der Waals surface area contributed by atoms with Crippen molar-refractivity contribution in [1.29, 1.82) is 0 Å². The fourth-order valence-electron chi connectivity index (χ4n) is 7.13. The lowest BCUT2D eigenvalue weighted by Gasteiger charge is -2.43. The van der Waals surface area contributed by atoms with Gasteiger partial charge in [-0.15, -0.1) is 0 Å². The van der Waals surface area contributed by atoms with E-state index in [0.717, 1.165) is 75.4 Å². The number of carbonyl (C=O) groups excluding carboxylic acids is 5. The summed E-state index contributed by atoms with van der Waals surface area (Å²) in [6, 6.07) is 4.92. The van der Waals surface area contributed by atoms with Gasteiger partial charge in [0.2, 0.25) is 11.8 Å². The molecule has 4 fully saturated rings. The number of benzene rings is 1. The number of rotatable bonds is 5. The molecule has 10 nitrogen and oxygen atoms in total. The van der Waals surface area contributed by atoms with Crippen LogP contribution in [0.15, 0.2) is 18.2 Å². The summed E-state index contributed by atoms with van der Waals surface area (Å²) in [5.74, 6) is -1.54. The van der Waals surface area contributed by atoms with Crippen LogP contribution in [-0.4, -0.2) is 89.2 Å². The highest BCUT2D eigenvalue weighted by Gasteiger charge is 2.46. The van der Waals surface area contributed by atoms with E-state index in [1.54, 1.807) is 12.1 Å². The molecule has 4 heterocycles. The molecule has 1 atom stereocenters. The number of hydrogen-bond acceptors (Lipinski definition) is 6. The van der Waals surface area contributed by atoms with E-state index in [2.05, 4.69) is 20.0 Å². The van der Waals surface area contributed by atoms with Crippen molar-refractivity contribution in [3.8, 4) is 0 Å². The van der Waals surface area contributed by atoms with Gasteiger partial charge < -0.3 is 14.7 Å². The van der Waals surface area contributed by atoms with E-state index in [4.69, 9.17) is 0 Å². The Kier molecular flexibility index (Phi) is 7.03. The second kappa shape index (κ2) is 10.6. The van der Waals surface area contributed by atoms with E-state index < -0.39 is 23.8 Å². The average Bonchev–Trinajstić information content (AvgIpc) is 3.20. The number of nitrogens with one attached hydrogen (secondary N) is 1. The smallest absolute Gasteiger partial charge is 0.320 e. The molecule has 3 saturated heterocycles. The van der Waals surface area contributed by atoms with E-state index in [-0.39, 0.29) is 24.8 Å². The van der Waals surface area contributed by atoms with E-state index in [1.807, 2.05) is 6.07 Å². The average molecular weight is 536 g/mol. The normalized spacial score (nSPS) is 25.4. The first-order chi connectivity index (χ1) is 18.9. The van der Waals surface area contributed by atoms with Crippen LogP contribution in [0.25, 0.3) is 0 Å². The molecule has 39 heavy (non-hydrogen) atoms. The molecule has 6 amide bonds. The van der Waals surface area contributed by atoms with Crippen molar-refractivity contribution in [3.05, 3.63) is 29.3 Å². The van der Waals surface area contributed by atoms with Gasteiger partial charge in [0, 0.05) is 45.2 Å². The van der Waals surface area contributed by atoms with Gasteiger partial charge in [0.1, 0.15) is 6.04 Å². The summed E-state index contributed by atoms with van der Waals surface area (Å²) >= 11 is 0. The monoisotopic (exact) mass is 535 g/mol. The first-order valence-electron chi connectivity index (χ1n) is 14.6. The Morgan fingerprint density at radius 2 is 1.56 bits per heavy atom. The van der Waals surface area contributed by atoms with Crippen LogP contribution in [0.3, 0.4) is 0 Å². The lowest BCUT2D eigenvalue weighted by molar-refractivity contribution is -0.136. The summed E-state index contributed by atoms with van der Waals surface area (Å²) in [5, 5.41) is 2.25. The number of fused-ring (bicyclic) bond motifs is 1. The Bertz CT molecular complexity index is 1190. The third kappa shape index (κ3) is 4.78. The molecule has 0 aromatic heterocycles. The summed E-state index contributed by atoms with van der Waals surface area (Å²) < 4.78 is 0. The first-order valence-corrected chi connectivity index (χ1v) is 14.6. The first kappa shape index (κ1) is 25.8. The summed E-state index contributed by atoms with van der Waals surface area (Å²) in [4.78, 5) is 71.4. The Balaban J connectivity index is 1.10. The van der Waals surface area contributed by atoms with Crippen molar-refractivity contribution in [2.75, 3.05) is 37.6 Å². The SMILES string of the molecule is O=C1CCC(N2C(=O)c3cccc(N4CCC(CN5CCCN(C6CCCCC6)C5=O)CC4)c3C2=O)C(=O)N1. The van der Waals surface area contributed by atoms with E-state index in [9.17, 15) is 24.0 Å². The van der Waals surface area contributed by atoms with Crippen molar-refractivity contribution in [2.45, 2.75) is 76.3 Å². The highest BCUT2D eigenvalue weighted by atomic mass is 16.2. The molecule has 1 N–H and O–H groups in total. The number of piperidine rings is 2. The van der Waals surface area contributed by atoms with Gasteiger partial charge in [0.05, 0.1) is 16.8 Å². The van der Waals surface area contributed by atoms with Crippen molar-refractivity contribution in [1.82, 2.24) is 20.0 Å². The minimum atomic E-state index is -0.969. The molecule has 1 unspecified atom stereocenters. The molecule has 208 valence electrons. The van der Waals surface area contributed by atoms with E-state index in [1.165, 1.54) is 19.3 Å². The second-order valence-corrected chi connectivity index (χ2v) is 11.6. The molecule has 1 aromatic rings. The molecule has 4 aliphatic heterocycles. The van der Waals surface area contributed by atoms with Crippen molar-refractivity contribution in [2.24, 2.45) is 5.92 Å². The maximum atomic E-state index is 13.5. The number of amides is 6. The summed E-state index contributed by atoms with van der Waals surface area (Å²) in [7, 11) is 0. The van der Waals surface area contributed by atoms with Gasteiger partial charge in [-0.2, -0.15) is 0 Å². The number of anilines is 1. The van der Waals surface area contributed by atoms with Gasteiger partial charge in [-0.05, 0) is 56.6 Å². The predicted molar refractivity (Wildman–Crippen MR) is 143 cm³/mol. The quantitative estimate of drug-likeness (QED) is 0.581. The maximum absolute atomic E-state index is 13.5. The number of carbonyl (C=O) groups is 5. The Morgan fingerprint density at radius 1 is 0.795 bits per heavy atom. The van der Waals surface area contributed by atoms with Crippen LogP contribution in [0, 0.1) is 5.92 Å². The van der Waals surface area contributed by atoms with Gasteiger partial charge in [-0.1, -0.05) is 25.3 Å². The topological polar surface area (TPSA) is 110 Å². The molecule has 1 saturated carbocycles. The standard InChI is InChI=1S/C29H37N5O5/c35-24-11-10-23(26(36)30-24)34-27(37)21-8-4-9-22(25(21)28(34)38)31-16-12-19(13-17-31)18-32-14-5-15-33(29(32)39)20-6-2-1-3-7-20/h4,8-9,19-20,23H,1-3,5-7,10-18H2,(H,30,35,36). The van der Waals surface area contributed by atoms with Crippen LogP contribution in [-0.2, 0) is 9.59 Å². The molecule has 0 bridgehead atoms. The Morgan fingerprint density at radius 3 is 2.31 bits per heavy atom. The Labute approximate surface area is 228 Å². The lowest BCUT2D eigenvalue weighted by atomic mass is 9.93. The third-order valence-electron chi connectivity index (χ3n) is 9.24. The largest absolute Gasteiger partial charge is 0.371 e. The van der Waals surface area contributed by atoms with Crippen LogP contribution in [0.4, 0.5) is 10.5 Å². The fourth-order valence-corrected chi connectivity index (χ4v) is 7.13.